The largest absolute Gasteiger partial charge is 0.508 e. The third-order valence-electron chi connectivity index (χ3n) is 9.00. The van der Waals surface area contributed by atoms with Gasteiger partial charge in [0.05, 0.1) is 11.4 Å². The van der Waals surface area contributed by atoms with E-state index in [9.17, 15) is 24.6 Å². The summed E-state index contributed by atoms with van der Waals surface area (Å²) in [6.07, 6.45) is 0.899. The molecular weight excluding hydrogens is 703 g/mol. The number of phenols is 1. The zero-order valence-corrected chi connectivity index (χ0v) is 33.2. The minimum absolute atomic E-state index is 0.0437. The number of hydrogen-bond acceptors (Lipinski definition) is 7. The van der Waals surface area contributed by atoms with Crippen molar-refractivity contribution in [3.63, 3.8) is 0 Å². The highest BCUT2D eigenvalue weighted by molar-refractivity contribution is 8.00. The molecule has 1 aliphatic heterocycles. The summed E-state index contributed by atoms with van der Waals surface area (Å²) in [5.41, 5.74) is 7.02. The molecule has 0 radical (unpaired) electrons. The molecule has 1 saturated heterocycles. The van der Waals surface area contributed by atoms with Crippen molar-refractivity contribution in [3.05, 3.63) is 125 Å². The summed E-state index contributed by atoms with van der Waals surface area (Å²) in [5, 5.41) is 21.0. The summed E-state index contributed by atoms with van der Waals surface area (Å²) < 4.78 is 5.36. The number of hydrogen-bond donors (Lipinski definition) is 3. The highest BCUT2D eigenvalue weighted by Crippen LogP contribution is 2.28. The van der Waals surface area contributed by atoms with Crippen LogP contribution in [-0.4, -0.2) is 57.1 Å². The molecule has 7 nitrogen and oxygen atoms in total. The summed E-state index contributed by atoms with van der Waals surface area (Å²) in [5.74, 6) is 1.05. The quantitative estimate of drug-likeness (QED) is 0.117. The van der Waals surface area contributed by atoms with Gasteiger partial charge in [-0.2, -0.15) is 0 Å². The number of rotatable bonds is 14. The Bertz CT molecular complexity index is 1750. The number of benzene rings is 4. The lowest BCUT2D eigenvalue weighted by atomic mass is 9.87. The van der Waals surface area contributed by atoms with Crippen LogP contribution in [0.15, 0.2) is 103 Å². The van der Waals surface area contributed by atoms with Crippen molar-refractivity contribution in [3.8, 4) is 16.9 Å². The van der Waals surface area contributed by atoms with Gasteiger partial charge in [0.1, 0.15) is 23.6 Å². The van der Waals surface area contributed by atoms with Gasteiger partial charge in [-0.05, 0) is 76.6 Å². The van der Waals surface area contributed by atoms with Crippen LogP contribution < -0.4 is 5.32 Å². The van der Waals surface area contributed by atoms with Crippen molar-refractivity contribution in [2.75, 3.05) is 6.61 Å². The zero-order chi connectivity index (χ0) is 38.5. The molecule has 1 amide bonds. The molecule has 1 heterocycles. The minimum atomic E-state index is -0.709. The van der Waals surface area contributed by atoms with Crippen LogP contribution in [0, 0.1) is 5.92 Å². The molecule has 0 aliphatic carbocycles. The maximum absolute atomic E-state index is 13.1. The van der Waals surface area contributed by atoms with Gasteiger partial charge in [0, 0.05) is 11.5 Å². The van der Waals surface area contributed by atoms with E-state index in [1.807, 2.05) is 30.3 Å². The molecule has 1 aliphatic rings. The summed E-state index contributed by atoms with van der Waals surface area (Å²) in [6, 6.07) is 33.4. The Morgan fingerprint density at radius 3 is 1.83 bits per heavy atom. The summed E-state index contributed by atoms with van der Waals surface area (Å²) in [4.78, 5) is 36.4. The van der Waals surface area contributed by atoms with Gasteiger partial charge in [-0.15, -0.1) is 23.5 Å². The number of carboxylic acids is 1. The Morgan fingerprint density at radius 2 is 1.32 bits per heavy atom. The molecule has 4 aromatic rings. The van der Waals surface area contributed by atoms with E-state index in [4.69, 9.17) is 4.74 Å². The Hall–Kier alpha value is -4.05. The smallest absolute Gasteiger partial charge is 0.316 e. The van der Waals surface area contributed by atoms with Gasteiger partial charge in [0.25, 0.3) is 0 Å². The Balaban J connectivity index is 0.000000251. The summed E-state index contributed by atoms with van der Waals surface area (Å²) in [7, 11) is 0. The second kappa shape index (κ2) is 19.9. The maximum atomic E-state index is 13.1. The molecule has 3 N–H and O–H groups in total. The first-order valence-corrected chi connectivity index (χ1v) is 20.2. The second-order valence-corrected chi connectivity index (χ2v) is 17.3. The average molecular weight is 756 g/mol. The van der Waals surface area contributed by atoms with Crippen molar-refractivity contribution < 1.29 is 29.3 Å². The standard InChI is InChI=1S/C25H31NO4S.C19H22O2S/c1-16-23(21(28)14-30-16)26-24(29)22(13-17-7-11-20(27)12-8-17)31-15-18-5-9-19(10-6-18)25(2,3)4;1-14(2)12-18(19(20)21)22-13-15-8-10-17(11-9-15)16-6-4-3-5-7-16/h5-12,16,22-23,27H,13-15H2,1-4H3,(H,26,29);3-11,14,18H,12-13H2,1-2H3,(H,20,21). The molecule has 0 spiro atoms. The molecular formula is C44H53NO6S2. The van der Waals surface area contributed by atoms with Crippen LogP contribution in [0.2, 0.25) is 0 Å². The number of aliphatic carboxylic acids is 1. The molecule has 0 saturated carbocycles. The van der Waals surface area contributed by atoms with Gasteiger partial charge in [-0.25, -0.2) is 0 Å². The van der Waals surface area contributed by atoms with Crippen LogP contribution in [0.5, 0.6) is 5.75 Å². The van der Waals surface area contributed by atoms with Crippen LogP contribution in [0.3, 0.4) is 0 Å². The number of carbonyl (C=O) groups excluding carboxylic acids is 2. The number of aromatic hydroxyl groups is 1. The SMILES string of the molecule is CC(C)CC(SCc1ccc(-c2ccccc2)cc1)C(=O)O.CC1OCC(=O)C1NC(=O)C(Cc1ccc(O)cc1)SCc1ccc(C(C)(C)C)cc1. The van der Waals surface area contributed by atoms with E-state index in [-0.39, 0.29) is 46.1 Å². The third-order valence-corrected chi connectivity index (χ3v) is 11.6. The normalized spacial score (nSPS) is 16.8. The number of amides is 1. The molecule has 4 unspecified atom stereocenters. The zero-order valence-electron chi connectivity index (χ0n) is 31.6. The number of carboxylic acid groups (broad SMARTS) is 1. The lowest BCUT2D eigenvalue weighted by Crippen LogP contribution is -2.47. The van der Waals surface area contributed by atoms with Crippen LogP contribution in [0.4, 0.5) is 0 Å². The minimum Gasteiger partial charge on any atom is -0.508 e. The maximum Gasteiger partial charge on any atom is 0.316 e. The number of nitrogens with one attached hydrogen (secondary N) is 1. The molecule has 0 aromatic heterocycles. The van der Waals surface area contributed by atoms with Crippen molar-refractivity contribution in [1.82, 2.24) is 5.32 Å². The van der Waals surface area contributed by atoms with Gasteiger partial charge in [0.15, 0.2) is 5.78 Å². The van der Waals surface area contributed by atoms with E-state index < -0.39 is 12.0 Å². The fourth-order valence-corrected chi connectivity index (χ4v) is 8.13. The van der Waals surface area contributed by atoms with E-state index in [0.717, 1.165) is 16.9 Å². The fraction of sp³-hybridized carbons (Fsp3) is 0.386. The van der Waals surface area contributed by atoms with Crippen molar-refractivity contribution in [2.45, 2.75) is 94.0 Å². The Labute approximate surface area is 323 Å². The summed E-state index contributed by atoms with van der Waals surface area (Å²) >= 11 is 3.07. The van der Waals surface area contributed by atoms with Gasteiger partial charge in [-0.1, -0.05) is 126 Å². The predicted octanol–water partition coefficient (Wildman–Crippen LogP) is 9.09. The van der Waals surface area contributed by atoms with Crippen LogP contribution in [0.25, 0.3) is 11.1 Å². The van der Waals surface area contributed by atoms with Crippen LogP contribution in [0.1, 0.15) is 70.2 Å². The third kappa shape index (κ3) is 13.4. The number of ether oxygens (including phenoxy) is 1. The predicted molar refractivity (Wildman–Crippen MR) is 218 cm³/mol. The lowest BCUT2D eigenvalue weighted by Gasteiger charge is -2.21. The monoisotopic (exact) mass is 755 g/mol. The fourth-order valence-electron chi connectivity index (χ4n) is 5.77. The van der Waals surface area contributed by atoms with Gasteiger partial charge >= 0.3 is 5.97 Å². The van der Waals surface area contributed by atoms with Crippen molar-refractivity contribution in [2.24, 2.45) is 5.92 Å². The molecule has 4 atom stereocenters. The number of carbonyl (C=O) groups is 3. The molecule has 282 valence electrons. The highest BCUT2D eigenvalue weighted by Gasteiger charge is 2.35. The topological polar surface area (TPSA) is 113 Å². The number of Topliss-reactive ketones (excluding diaryl/α,β-unsaturated/α-hetero) is 1. The van der Waals surface area contributed by atoms with Gasteiger partial charge < -0.3 is 20.3 Å². The molecule has 1 fully saturated rings. The molecule has 5 rings (SSSR count). The Kier molecular flexibility index (Phi) is 15.6. The molecule has 9 heteroatoms. The van der Waals surface area contributed by atoms with Gasteiger partial charge in [0.2, 0.25) is 5.91 Å². The number of phenolic OH excluding ortho intramolecular Hbond substituents is 1. The lowest BCUT2D eigenvalue weighted by molar-refractivity contribution is -0.136. The van der Waals surface area contributed by atoms with Crippen molar-refractivity contribution >= 4 is 41.2 Å². The van der Waals surface area contributed by atoms with Gasteiger partial charge in [-0.3, -0.25) is 14.4 Å². The van der Waals surface area contributed by atoms with E-state index in [0.29, 0.717) is 24.5 Å². The number of thioether (sulfide) groups is 2. The molecule has 4 aromatic carbocycles. The average Bonchev–Trinajstić information content (AvgIpc) is 3.45. The first kappa shape index (κ1) is 41.7. The van der Waals surface area contributed by atoms with Crippen LogP contribution in [-0.2, 0) is 42.5 Å². The van der Waals surface area contributed by atoms with E-state index >= 15 is 0 Å². The first-order valence-electron chi connectivity index (χ1n) is 18.1. The first-order chi connectivity index (χ1) is 25.2. The van der Waals surface area contributed by atoms with E-state index in [1.165, 1.54) is 34.0 Å². The second-order valence-electron chi connectivity index (χ2n) is 14.9. The number of ketones is 1. The van der Waals surface area contributed by atoms with E-state index in [2.05, 4.69) is 101 Å². The summed E-state index contributed by atoms with van der Waals surface area (Å²) in [6.45, 7) is 12.5. The van der Waals surface area contributed by atoms with Crippen LogP contribution >= 0.6 is 23.5 Å². The van der Waals surface area contributed by atoms with E-state index in [1.54, 1.807) is 30.8 Å². The molecule has 0 bridgehead atoms. The highest BCUT2D eigenvalue weighted by atomic mass is 32.2. The molecule has 53 heavy (non-hydrogen) atoms. The van der Waals surface area contributed by atoms with Crippen molar-refractivity contribution in [1.29, 1.82) is 0 Å². The Morgan fingerprint density at radius 1 is 0.792 bits per heavy atom.